The van der Waals surface area contributed by atoms with Crippen molar-refractivity contribution < 1.29 is 4.79 Å². The van der Waals surface area contributed by atoms with Crippen LogP contribution in [-0.2, 0) is 5.41 Å². The van der Waals surface area contributed by atoms with Crippen molar-refractivity contribution in [2.24, 2.45) is 0 Å². The Balaban J connectivity index is 1.77. The molecule has 1 aromatic heterocycles. The Labute approximate surface area is 172 Å². The number of aromatic nitrogens is 1. The van der Waals surface area contributed by atoms with Crippen LogP contribution in [0.5, 0.6) is 0 Å². The van der Waals surface area contributed by atoms with E-state index in [0.717, 1.165) is 53.9 Å². The second-order valence-electron chi connectivity index (χ2n) is 8.72. The van der Waals surface area contributed by atoms with Crippen molar-refractivity contribution in [1.29, 1.82) is 0 Å². The minimum absolute atomic E-state index is 0.0199. The molecule has 6 heteroatoms. The van der Waals surface area contributed by atoms with Crippen molar-refractivity contribution in [2.45, 2.75) is 39.2 Å². The minimum atomic E-state index is -0.0490. The molecule has 3 rings (SSSR count). The first kappa shape index (κ1) is 21.0. The zero-order valence-electron chi connectivity index (χ0n) is 17.7. The third-order valence-electron chi connectivity index (χ3n) is 5.19. The number of carbonyl (C=O) groups is 1. The highest BCUT2D eigenvalue weighted by molar-refractivity contribution is 7.14. The number of nitrogens with zero attached hydrogens (tertiary/aromatic N) is 3. The Morgan fingerprint density at radius 2 is 1.82 bits per heavy atom. The number of piperazine rings is 1. The van der Waals surface area contributed by atoms with Crippen molar-refractivity contribution in [3.05, 3.63) is 51.5 Å². The van der Waals surface area contributed by atoms with Gasteiger partial charge in [-0.1, -0.05) is 51.1 Å². The number of amides is 1. The Morgan fingerprint density at radius 3 is 2.39 bits per heavy atom. The first-order valence-corrected chi connectivity index (χ1v) is 10.8. The van der Waals surface area contributed by atoms with Crippen molar-refractivity contribution >= 4 is 17.2 Å². The molecule has 1 saturated heterocycles. The second-order valence-corrected chi connectivity index (χ2v) is 9.72. The molecule has 152 valence electrons. The first-order chi connectivity index (χ1) is 13.2. The number of aryl methyl sites for hydroxylation is 1. The minimum Gasteiger partial charge on any atom is -0.343 e. The van der Waals surface area contributed by atoms with Crippen LogP contribution in [0.25, 0.3) is 0 Å². The number of thiazole rings is 1. The van der Waals surface area contributed by atoms with E-state index in [2.05, 4.69) is 60.1 Å². The van der Waals surface area contributed by atoms with Gasteiger partial charge in [-0.05, 0) is 19.5 Å². The SMILES string of the molecule is Cc1nc(C(C)(C)C)sc1C(=O)NC(CN1CCN(C)CC1)c1ccccc1. The van der Waals surface area contributed by atoms with Gasteiger partial charge in [0.25, 0.3) is 5.91 Å². The molecule has 0 bridgehead atoms. The van der Waals surface area contributed by atoms with E-state index in [-0.39, 0.29) is 17.4 Å². The zero-order valence-corrected chi connectivity index (χ0v) is 18.5. The monoisotopic (exact) mass is 400 g/mol. The number of benzene rings is 1. The van der Waals surface area contributed by atoms with Gasteiger partial charge in [-0.2, -0.15) is 0 Å². The van der Waals surface area contributed by atoms with Gasteiger partial charge in [-0.25, -0.2) is 4.98 Å². The van der Waals surface area contributed by atoms with Gasteiger partial charge in [0.1, 0.15) is 4.88 Å². The Morgan fingerprint density at radius 1 is 1.18 bits per heavy atom. The number of likely N-dealkylation sites (N-methyl/N-ethyl adjacent to an activating group) is 1. The van der Waals surface area contributed by atoms with Crippen LogP contribution in [0.4, 0.5) is 0 Å². The number of nitrogens with one attached hydrogen (secondary N) is 1. The summed E-state index contributed by atoms with van der Waals surface area (Å²) in [5, 5.41) is 4.29. The van der Waals surface area contributed by atoms with E-state index < -0.39 is 0 Å². The molecule has 1 aromatic carbocycles. The van der Waals surface area contributed by atoms with E-state index >= 15 is 0 Å². The van der Waals surface area contributed by atoms with Crippen molar-refractivity contribution in [3.8, 4) is 0 Å². The van der Waals surface area contributed by atoms with Crippen LogP contribution < -0.4 is 5.32 Å². The zero-order chi connectivity index (χ0) is 20.3. The van der Waals surface area contributed by atoms with Gasteiger partial charge in [0.15, 0.2) is 0 Å². The number of carbonyl (C=O) groups excluding carboxylic acids is 1. The largest absolute Gasteiger partial charge is 0.343 e. The van der Waals surface area contributed by atoms with Gasteiger partial charge in [0.05, 0.1) is 16.7 Å². The third-order valence-corrected chi connectivity index (χ3v) is 6.77. The standard InChI is InChI=1S/C22H32N4OS/c1-16-19(28-21(23-16)22(2,3)4)20(27)24-18(17-9-7-6-8-10-17)15-26-13-11-25(5)12-14-26/h6-10,18H,11-15H2,1-5H3,(H,24,27). The molecule has 0 radical (unpaired) electrons. The average Bonchev–Trinajstić information content (AvgIpc) is 3.06. The second kappa shape index (κ2) is 8.72. The van der Waals surface area contributed by atoms with Gasteiger partial charge in [0.2, 0.25) is 0 Å². The van der Waals surface area contributed by atoms with Crippen LogP contribution in [0, 0.1) is 6.92 Å². The van der Waals surface area contributed by atoms with Crippen LogP contribution in [-0.4, -0.2) is 60.5 Å². The smallest absolute Gasteiger partial charge is 0.263 e. The lowest BCUT2D eigenvalue weighted by atomic mass is 9.98. The maximum Gasteiger partial charge on any atom is 0.263 e. The fourth-order valence-electron chi connectivity index (χ4n) is 3.36. The molecule has 2 heterocycles. The summed E-state index contributed by atoms with van der Waals surface area (Å²) < 4.78 is 0. The van der Waals surface area contributed by atoms with E-state index in [1.54, 1.807) is 0 Å². The maximum atomic E-state index is 13.1. The molecule has 1 aliphatic rings. The summed E-state index contributed by atoms with van der Waals surface area (Å²) in [6.07, 6.45) is 0. The van der Waals surface area contributed by atoms with Gasteiger partial charge >= 0.3 is 0 Å². The Hall–Kier alpha value is -1.76. The molecule has 1 fully saturated rings. The van der Waals surface area contributed by atoms with Crippen LogP contribution in [0.1, 0.15) is 52.7 Å². The fourth-order valence-corrected chi connectivity index (χ4v) is 4.39. The predicted octanol–water partition coefficient (Wildman–Crippen LogP) is 3.47. The lowest BCUT2D eigenvalue weighted by Crippen LogP contribution is -2.47. The molecule has 1 amide bonds. The Bertz CT molecular complexity index is 789. The highest BCUT2D eigenvalue weighted by atomic mass is 32.1. The van der Waals surface area contributed by atoms with Crippen LogP contribution >= 0.6 is 11.3 Å². The van der Waals surface area contributed by atoms with E-state index in [0.29, 0.717) is 0 Å². The summed E-state index contributed by atoms with van der Waals surface area (Å²) >= 11 is 1.51. The van der Waals surface area contributed by atoms with Crippen LogP contribution in [0.3, 0.4) is 0 Å². The molecular formula is C22H32N4OS. The van der Waals surface area contributed by atoms with Gasteiger partial charge in [0, 0.05) is 38.1 Å². The van der Waals surface area contributed by atoms with Gasteiger partial charge < -0.3 is 10.2 Å². The lowest BCUT2D eigenvalue weighted by molar-refractivity contribution is 0.0910. The summed E-state index contributed by atoms with van der Waals surface area (Å²) in [7, 11) is 2.16. The Kier molecular flexibility index (Phi) is 6.53. The molecule has 28 heavy (non-hydrogen) atoms. The van der Waals surface area contributed by atoms with E-state index in [4.69, 9.17) is 0 Å². The van der Waals surface area contributed by atoms with E-state index in [1.165, 1.54) is 11.3 Å². The molecule has 1 unspecified atom stereocenters. The predicted molar refractivity (Wildman–Crippen MR) is 116 cm³/mol. The highest BCUT2D eigenvalue weighted by Gasteiger charge is 2.26. The topological polar surface area (TPSA) is 48.5 Å². The molecule has 0 saturated carbocycles. The van der Waals surface area contributed by atoms with Gasteiger partial charge in [-0.15, -0.1) is 11.3 Å². The van der Waals surface area contributed by atoms with Gasteiger partial charge in [-0.3, -0.25) is 9.69 Å². The summed E-state index contributed by atoms with van der Waals surface area (Å²) in [5.74, 6) is -0.0199. The van der Waals surface area contributed by atoms with Crippen molar-refractivity contribution in [3.63, 3.8) is 0 Å². The average molecular weight is 401 g/mol. The molecule has 1 aliphatic heterocycles. The maximum absolute atomic E-state index is 13.1. The number of hydrogen-bond donors (Lipinski definition) is 1. The van der Waals surface area contributed by atoms with Crippen molar-refractivity contribution in [1.82, 2.24) is 20.1 Å². The summed E-state index contributed by atoms with van der Waals surface area (Å²) in [6.45, 7) is 13.4. The van der Waals surface area contributed by atoms with Crippen molar-refractivity contribution in [2.75, 3.05) is 39.8 Å². The fraction of sp³-hybridized carbons (Fsp3) is 0.545. The summed E-state index contributed by atoms with van der Waals surface area (Å²) in [5.41, 5.74) is 1.92. The summed E-state index contributed by atoms with van der Waals surface area (Å²) in [4.78, 5) is 23.3. The molecule has 0 aliphatic carbocycles. The number of rotatable bonds is 5. The molecule has 0 spiro atoms. The lowest BCUT2D eigenvalue weighted by Gasteiger charge is -2.35. The molecule has 5 nitrogen and oxygen atoms in total. The first-order valence-electron chi connectivity index (χ1n) is 9.98. The third kappa shape index (κ3) is 5.19. The molecule has 1 atom stereocenters. The highest BCUT2D eigenvalue weighted by Crippen LogP contribution is 2.29. The number of hydrogen-bond acceptors (Lipinski definition) is 5. The quantitative estimate of drug-likeness (QED) is 0.835. The van der Waals surface area contributed by atoms with Crippen LogP contribution in [0.15, 0.2) is 30.3 Å². The molecule has 2 aromatic rings. The summed E-state index contributed by atoms with van der Waals surface area (Å²) in [6, 6.07) is 10.3. The van der Waals surface area contributed by atoms with Crippen LogP contribution in [0.2, 0.25) is 0 Å². The molecule has 1 N–H and O–H groups in total. The van der Waals surface area contributed by atoms with E-state index in [1.807, 2.05) is 25.1 Å². The normalized spacial score (nSPS) is 17.5. The van der Waals surface area contributed by atoms with E-state index in [9.17, 15) is 4.79 Å². The molecular weight excluding hydrogens is 368 g/mol.